The van der Waals surface area contributed by atoms with Crippen molar-refractivity contribution in [3.63, 3.8) is 0 Å². The zero-order valence-electron chi connectivity index (χ0n) is 12.4. The van der Waals surface area contributed by atoms with Crippen molar-refractivity contribution in [2.24, 2.45) is 10.8 Å². The summed E-state index contributed by atoms with van der Waals surface area (Å²) >= 11 is 0. The van der Waals surface area contributed by atoms with Gasteiger partial charge < -0.3 is 4.74 Å². The second-order valence-electron chi connectivity index (χ2n) is 7.80. The fourth-order valence-corrected chi connectivity index (χ4v) is 3.42. The molecule has 0 amide bonds. The van der Waals surface area contributed by atoms with Gasteiger partial charge in [-0.1, -0.05) is 13.8 Å². The topological polar surface area (TPSA) is 33.0 Å². The molecule has 0 aromatic carbocycles. The maximum Gasteiger partial charge on any atom is 0.0690 e. The molecule has 2 heteroatoms. The van der Waals surface area contributed by atoms with Gasteiger partial charge in [0.15, 0.2) is 0 Å². The normalized spacial score (nSPS) is 32.9. The van der Waals surface area contributed by atoms with Crippen LogP contribution in [0.5, 0.6) is 0 Å². The van der Waals surface area contributed by atoms with E-state index in [2.05, 4.69) is 33.8 Å². The average molecular weight is 249 g/mol. The van der Waals surface area contributed by atoms with Gasteiger partial charge in [-0.2, -0.15) is 5.26 Å². The molecular formula is C16H27NO. The number of hydrogen-bond acceptors (Lipinski definition) is 2. The van der Waals surface area contributed by atoms with Gasteiger partial charge in [-0.05, 0) is 64.2 Å². The van der Waals surface area contributed by atoms with E-state index in [1.54, 1.807) is 0 Å². The Morgan fingerprint density at radius 1 is 1.06 bits per heavy atom. The minimum atomic E-state index is -0.111. The predicted molar refractivity (Wildman–Crippen MR) is 73.1 cm³/mol. The molecule has 2 nitrogen and oxygen atoms in total. The monoisotopic (exact) mass is 249 g/mol. The third-order valence-corrected chi connectivity index (χ3v) is 4.97. The Morgan fingerprint density at radius 3 is 2.11 bits per heavy atom. The molecule has 2 rings (SSSR count). The molecule has 0 spiro atoms. The van der Waals surface area contributed by atoms with Gasteiger partial charge in [0.2, 0.25) is 0 Å². The molecule has 0 radical (unpaired) electrons. The molecule has 18 heavy (non-hydrogen) atoms. The lowest BCUT2D eigenvalue weighted by atomic mass is 9.64. The largest absolute Gasteiger partial charge is 0.372 e. The molecule has 1 aliphatic heterocycles. The quantitative estimate of drug-likeness (QED) is 0.724. The van der Waals surface area contributed by atoms with Gasteiger partial charge in [0.1, 0.15) is 0 Å². The van der Waals surface area contributed by atoms with E-state index in [0.717, 1.165) is 32.1 Å². The minimum Gasteiger partial charge on any atom is -0.372 e. The van der Waals surface area contributed by atoms with Crippen molar-refractivity contribution in [1.82, 2.24) is 0 Å². The Morgan fingerprint density at radius 2 is 1.67 bits per heavy atom. The first kappa shape index (κ1) is 13.9. The van der Waals surface area contributed by atoms with E-state index in [0.29, 0.717) is 11.5 Å². The smallest absolute Gasteiger partial charge is 0.0690 e. The molecule has 0 aromatic heterocycles. The number of rotatable bonds is 2. The summed E-state index contributed by atoms with van der Waals surface area (Å²) in [4.78, 5) is 0. The summed E-state index contributed by atoms with van der Waals surface area (Å²) < 4.78 is 6.08. The molecule has 102 valence electrons. The molecule has 2 fully saturated rings. The molecule has 0 aromatic rings. The fourth-order valence-electron chi connectivity index (χ4n) is 3.42. The predicted octanol–water partition coefficient (Wildman–Crippen LogP) is 4.44. The molecule has 1 saturated carbocycles. The van der Waals surface area contributed by atoms with Gasteiger partial charge in [-0.15, -0.1) is 0 Å². The Hall–Kier alpha value is -0.550. The van der Waals surface area contributed by atoms with E-state index in [-0.39, 0.29) is 11.0 Å². The molecule has 1 aliphatic carbocycles. The summed E-state index contributed by atoms with van der Waals surface area (Å²) in [7, 11) is 0. The first-order valence-electron chi connectivity index (χ1n) is 7.35. The van der Waals surface area contributed by atoms with Crippen LogP contribution in [0.15, 0.2) is 0 Å². The van der Waals surface area contributed by atoms with Crippen LogP contribution < -0.4 is 0 Å². The van der Waals surface area contributed by atoms with E-state index in [1.807, 2.05) is 0 Å². The Kier molecular flexibility index (Phi) is 3.49. The highest BCUT2D eigenvalue weighted by atomic mass is 16.5. The second kappa shape index (κ2) is 4.53. The molecule has 0 bridgehead atoms. The van der Waals surface area contributed by atoms with Crippen LogP contribution in [0.3, 0.4) is 0 Å². The van der Waals surface area contributed by atoms with Crippen molar-refractivity contribution >= 4 is 0 Å². The maximum atomic E-state index is 9.60. The first-order valence-corrected chi connectivity index (χ1v) is 7.35. The number of nitriles is 1. The van der Waals surface area contributed by atoms with Crippen LogP contribution in [0.4, 0.5) is 0 Å². The number of nitrogens with zero attached hydrogens (tertiary/aromatic N) is 1. The van der Waals surface area contributed by atoms with Crippen molar-refractivity contribution in [2.45, 2.75) is 84.3 Å². The van der Waals surface area contributed by atoms with Crippen molar-refractivity contribution < 1.29 is 4.74 Å². The Bertz CT molecular complexity index is 341. The van der Waals surface area contributed by atoms with E-state index in [1.165, 1.54) is 12.8 Å². The van der Waals surface area contributed by atoms with Crippen molar-refractivity contribution in [3.8, 4) is 6.07 Å². The zero-order chi connectivity index (χ0) is 13.4. The lowest BCUT2D eigenvalue weighted by Crippen LogP contribution is -2.33. The maximum absolute atomic E-state index is 9.60. The highest BCUT2D eigenvalue weighted by molar-refractivity contribution is 5.05. The van der Waals surface area contributed by atoms with Gasteiger partial charge in [0.05, 0.1) is 23.2 Å². The van der Waals surface area contributed by atoms with Crippen LogP contribution >= 0.6 is 0 Å². The third kappa shape index (κ3) is 3.06. The number of hydrogen-bond donors (Lipinski definition) is 0. The molecule has 0 N–H and O–H groups in total. The van der Waals surface area contributed by atoms with Crippen molar-refractivity contribution in [3.05, 3.63) is 0 Å². The van der Waals surface area contributed by atoms with Crippen LogP contribution in [0.1, 0.15) is 72.6 Å². The highest BCUT2D eigenvalue weighted by Gasteiger charge is 2.43. The molecule has 1 unspecified atom stereocenters. The zero-order valence-corrected chi connectivity index (χ0v) is 12.4. The van der Waals surface area contributed by atoms with E-state index < -0.39 is 0 Å². The molecule has 2 aliphatic rings. The first-order chi connectivity index (χ1) is 8.26. The van der Waals surface area contributed by atoms with E-state index in [9.17, 15) is 5.26 Å². The summed E-state index contributed by atoms with van der Waals surface area (Å²) in [6, 6.07) is 2.63. The summed E-state index contributed by atoms with van der Waals surface area (Å²) in [6.45, 7) is 8.97. The van der Waals surface area contributed by atoms with Gasteiger partial charge >= 0.3 is 0 Å². The van der Waals surface area contributed by atoms with Crippen LogP contribution in [-0.4, -0.2) is 11.7 Å². The van der Waals surface area contributed by atoms with Crippen molar-refractivity contribution in [1.29, 1.82) is 5.26 Å². The van der Waals surface area contributed by atoms with Crippen LogP contribution in [0, 0.1) is 22.2 Å². The molecule has 1 atom stereocenters. The summed E-state index contributed by atoms with van der Waals surface area (Å²) in [5.41, 5.74) is 0.339. The number of ether oxygens (including phenoxy) is 1. The third-order valence-electron chi connectivity index (χ3n) is 4.97. The fraction of sp³-hybridized carbons (Fsp3) is 0.938. The van der Waals surface area contributed by atoms with Gasteiger partial charge in [0, 0.05) is 0 Å². The molecule has 1 saturated heterocycles. The second-order valence-corrected chi connectivity index (χ2v) is 7.80. The standard InChI is InChI=1S/C16H27NO/c1-14(2)7-9-16(12-17,10-8-14)11-13-5-6-15(3,4)18-13/h13H,5-11H2,1-4H3. The average Bonchev–Trinajstić information content (AvgIpc) is 2.62. The van der Waals surface area contributed by atoms with Crippen LogP contribution in [0.25, 0.3) is 0 Å². The molecular weight excluding hydrogens is 222 g/mol. The highest BCUT2D eigenvalue weighted by Crippen LogP contribution is 2.48. The SMILES string of the molecule is CC1(C)CCC(C#N)(CC2CCC(C)(C)O2)CC1. The van der Waals surface area contributed by atoms with Crippen LogP contribution in [-0.2, 0) is 4.74 Å². The Labute approximate surface area is 112 Å². The molecule has 1 heterocycles. The van der Waals surface area contributed by atoms with Gasteiger partial charge in [-0.25, -0.2) is 0 Å². The van der Waals surface area contributed by atoms with Gasteiger partial charge in [-0.3, -0.25) is 0 Å². The Balaban J connectivity index is 1.97. The lowest BCUT2D eigenvalue weighted by molar-refractivity contribution is -0.0369. The summed E-state index contributed by atoms with van der Waals surface area (Å²) in [6.07, 6.45) is 7.97. The van der Waals surface area contributed by atoms with E-state index in [4.69, 9.17) is 4.74 Å². The van der Waals surface area contributed by atoms with Crippen molar-refractivity contribution in [2.75, 3.05) is 0 Å². The van der Waals surface area contributed by atoms with E-state index >= 15 is 0 Å². The summed E-state index contributed by atoms with van der Waals surface area (Å²) in [5, 5.41) is 9.60. The van der Waals surface area contributed by atoms with Crippen LogP contribution in [0.2, 0.25) is 0 Å². The van der Waals surface area contributed by atoms with Gasteiger partial charge in [0.25, 0.3) is 0 Å². The minimum absolute atomic E-state index is 0.0231. The summed E-state index contributed by atoms with van der Waals surface area (Å²) in [5.74, 6) is 0. The lowest BCUT2D eigenvalue weighted by Gasteiger charge is -2.40.